The standard InChI is InChI=1S/C14H21N5/c1-18-7-4-11(5-8-18)9-13-16-17-14-12(10-15)3-2-6-19(13)14/h2-3,6,11H,4-5,7-10,15H2,1H3. The molecule has 0 spiro atoms. The van der Waals surface area contributed by atoms with Gasteiger partial charge in [-0.05, 0) is 45.0 Å². The largest absolute Gasteiger partial charge is 0.326 e. The van der Waals surface area contributed by atoms with Gasteiger partial charge in [0.05, 0.1) is 0 Å². The molecule has 0 unspecified atom stereocenters. The van der Waals surface area contributed by atoms with Crippen LogP contribution in [0.5, 0.6) is 0 Å². The van der Waals surface area contributed by atoms with Crippen LogP contribution < -0.4 is 5.73 Å². The van der Waals surface area contributed by atoms with E-state index < -0.39 is 0 Å². The summed E-state index contributed by atoms with van der Waals surface area (Å²) in [7, 11) is 2.19. The molecular weight excluding hydrogens is 238 g/mol. The minimum absolute atomic E-state index is 0.511. The van der Waals surface area contributed by atoms with E-state index in [1.165, 1.54) is 25.9 Å². The number of hydrogen-bond donors (Lipinski definition) is 1. The molecule has 2 aromatic rings. The van der Waals surface area contributed by atoms with E-state index in [0.717, 1.165) is 29.4 Å². The van der Waals surface area contributed by atoms with Crippen LogP contribution in [0.1, 0.15) is 24.2 Å². The molecule has 1 aliphatic heterocycles. The predicted molar refractivity (Wildman–Crippen MR) is 74.8 cm³/mol. The maximum absolute atomic E-state index is 5.74. The molecule has 19 heavy (non-hydrogen) atoms. The summed E-state index contributed by atoms with van der Waals surface area (Å²) in [5.41, 5.74) is 7.71. The van der Waals surface area contributed by atoms with Crippen LogP contribution in [0.2, 0.25) is 0 Å². The summed E-state index contributed by atoms with van der Waals surface area (Å²) in [6.07, 6.45) is 5.56. The van der Waals surface area contributed by atoms with Crippen molar-refractivity contribution < 1.29 is 0 Å². The van der Waals surface area contributed by atoms with E-state index in [-0.39, 0.29) is 0 Å². The van der Waals surface area contributed by atoms with Crippen LogP contribution in [0.3, 0.4) is 0 Å². The van der Waals surface area contributed by atoms with Crippen molar-refractivity contribution in [3.8, 4) is 0 Å². The molecule has 0 aromatic carbocycles. The molecule has 0 aliphatic carbocycles. The fourth-order valence-corrected chi connectivity index (χ4v) is 2.84. The molecule has 102 valence electrons. The van der Waals surface area contributed by atoms with Gasteiger partial charge >= 0.3 is 0 Å². The summed E-state index contributed by atoms with van der Waals surface area (Å²) in [5, 5.41) is 8.65. The minimum atomic E-state index is 0.511. The fraction of sp³-hybridized carbons (Fsp3) is 0.571. The number of fused-ring (bicyclic) bond motifs is 1. The molecule has 1 saturated heterocycles. The first-order valence-corrected chi connectivity index (χ1v) is 6.98. The Kier molecular flexibility index (Phi) is 3.48. The zero-order chi connectivity index (χ0) is 13.2. The molecular formula is C14H21N5. The van der Waals surface area contributed by atoms with Gasteiger partial charge in [0.25, 0.3) is 0 Å². The lowest BCUT2D eigenvalue weighted by atomic mass is 9.93. The summed E-state index contributed by atoms with van der Waals surface area (Å²) in [5.74, 6) is 1.80. The summed E-state index contributed by atoms with van der Waals surface area (Å²) >= 11 is 0. The van der Waals surface area contributed by atoms with E-state index in [1.54, 1.807) is 0 Å². The average molecular weight is 259 g/mol. The number of rotatable bonds is 3. The second kappa shape index (κ2) is 5.27. The van der Waals surface area contributed by atoms with Gasteiger partial charge in [-0.15, -0.1) is 10.2 Å². The summed E-state index contributed by atoms with van der Waals surface area (Å²) in [6.45, 7) is 2.89. The third kappa shape index (κ3) is 2.48. The molecule has 2 aromatic heterocycles. The Balaban J connectivity index is 1.82. The maximum atomic E-state index is 5.74. The molecule has 0 amide bonds. The molecule has 3 heterocycles. The van der Waals surface area contributed by atoms with Gasteiger partial charge in [-0.25, -0.2) is 0 Å². The highest BCUT2D eigenvalue weighted by atomic mass is 15.2. The number of hydrogen-bond acceptors (Lipinski definition) is 4. The Bertz CT molecular complexity index is 554. The van der Waals surface area contributed by atoms with Crippen LogP contribution in [0.4, 0.5) is 0 Å². The fourth-order valence-electron chi connectivity index (χ4n) is 2.84. The van der Waals surface area contributed by atoms with Crippen molar-refractivity contribution in [3.63, 3.8) is 0 Å². The van der Waals surface area contributed by atoms with Crippen LogP contribution in [-0.4, -0.2) is 39.6 Å². The molecule has 3 rings (SSSR count). The molecule has 0 atom stereocenters. The first-order chi connectivity index (χ1) is 9.28. The molecule has 5 nitrogen and oxygen atoms in total. The topological polar surface area (TPSA) is 59.5 Å². The Morgan fingerprint density at radius 3 is 2.84 bits per heavy atom. The number of aromatic nitrogens is 3. The Morgan fingerprint density at radius 2 is 2.11 bits per heavy atom. The monoisotopic (exact) mass is 259 g/mol. The Morgan fingerprint density at radius 1 is 1.32 bits per heavy atom. The van der Waals surface area contributed by atoms with Gasteiger partial charge in [0, 0.05) is 24.7 Å². The van der Waals surface area contributed by atoms with Crippen LogP contribution in [0.15, 0.2) is 18.3 Å². The maximum Gasteiger partial charge on any atom is 0.165 e. The zero-order valence-electron chi connectivity index (χ0n) is 11.4. The van der Waals surface area contributed by atoms with Crippen molar-refractivity contribution in [1.82, 2.24) is 19.5 Å². The van der Waals surface area contributed by atoms with E-state index in [2.05, 4.69) is 26.5 Å². The van der Waals surface area contributed by atoms with E-state index in [4.69, 9.17) is 5.73 Å². The normalized spacial score (nSPS) is 18.2. The van der Waals surface area contributed by atoms with Crippen molar-refractivity contribution in [2.24, 2.45) is 11.7 Å². The van der Waals surface area contributed by atoms with Gasteiger partial charge in [0.15, 0.2) is 5.65 Å². The second-order valence-electron chi connectivity index (χ2n) is 5.50. The Hall–Kier alpha value is -1.46. The summed E-state index contributed by atoms with van der Waals surface area (Å²) < 4.78 is 2.10. The smallest absolute Gasteiger partial charge is 0.165 e. The predicted octanol–water partition coefficient (Wildman–Crippen LogP) is 1.07. The van der Waals surface area contributed by atoms with Crippen molar-refractivity contribution in [2.75, 3.05) is 20.1 Å². The third-order valence-corrected chi connectivity index (χ3v) is 4.12. The van der Waals surface area contributed by atoms with Crippen LogP contribution in [0.25, 0.3) is 5.65 Å². The van der Waals surface area contributed by atoms with Crippen molar-refractivity contribution in [1.29, 1.82) is 0 Å². The number of nitrogens with two attached hydrogens (primary N) is 1. The van der Waals surface area contributed by atoms with Crippen LogP contribution >= 0.6 is 0 Å². The van der Waals surface area contributed by atoms with Crippen LogP contribution in [-0.2, 0) is 13.0 Å². The van der Waals surface area contributed by atoms with Crippen molar-refractivity contribution in [2.45, 2.75) is 25.8 Å². The molecule has 0 bridgehead atoms. The molecule has 0 radical (unpaired) electrons. The first-order valence-electron chi connectivity index (χ1n) is 6.98. The van der Waals surface area contributed by atoms with E-state index >= 15 is 0 Å². The van der Waals surface area contributed by atoms with E-state index in [0.29, 0.717) is 6.54 Å². The Labute approximate surface area is 113 Å². The van der Waals surface area contributed by atoms with Gasteiger partial charge in [-0.1, -0.05) is 6.07 Å². The highest BCUT2D eigenvalue weighted by Gasteiger charge is 2.19. The number of pyridine rings is 1. The number of piperidine rings is 1. The van der Waals surface area contributed by atoms with Crippen LogP contribution in [0, 0.1) is 5.92 Å². The molecule has 1 aliphatic rings. The third-order valence-electron chi connectivity index (χ3n) is 4.12. The second-order valence-corrected chi connectivity index (χ2v) is 5.50. The van der Waals surface area contributed by atoms with Gasteiger partial charge in [-0.3, -0.25) is 4.40 Å². The molecule has 0 saturated carbocycles. The number of likely N-dealkylation sites (tertiary alicyclic amines) is 1. The average Bonchev–Trinajstić information content (AvgIpc) is 2.84. The van der Waals surface area contributed by atoms with E-state index in [9.17, 15) is 0 Å². The highest BCUT2D eigenvalue weighted by molar-refractivity contribution is 5.47. The van der Waals surface area contributed by atoms with E-state index in [1.807, 2.05) is 18.3 Å². The van der Waals surface area contributed by atoms with Gasteiger partial charge < -0.3 is 10.6 Å². The quantitative estimate of drug-likeness (QED) is 0.896. The van der Waals surface area contributed by atoms with Gasteiger partial charge in [0.2, 0.25) is 0 Å². The minimum Gasteiger partial charge on any atom is -0.326 e. The first kappa shape index (κ1) is 12.6. The zero-order valence-corrected chi connectivity index (χ0v) is 11.4. The lowest BCUT2D eigenvalue weighted by Crippen LogP contribution is -2.31. The lowest BCUT2D eigenvalue weighted by Gasteiger charge is -2.28. The number of nitrogens with zero attached hydrogens (tertiary/aromatic N) is 4. The van der Waals surface area contributed by atoms with Crippen molar-refractivity contribution in [3.05, 3.63) is 29.7 Å². The summed E-state index contributed by atoms with van der Waals surface area (Å²) in [4.78, 5) is 2.39. The lowest BCUT2D eigenvalue weighted by molar-refractivity contribution is 0.217. The van der Waals surface area contributed by atoms with Crippen molar-refractivity contribution >= 4 is 5.65 Å². The SMILES string of the molecule is CN1CCC(Cc2nnc3c(CN)cccn23)CC1. The van der Waals surface area contributed by atoms with Gasteiger partial charge in [0.1, 0.15) is 5.82 Å². The molecule has 1 fully saturated rings. The molecule has 5 heteroatoms. The highest BCUT2D eigenvalue weighted by Crippen LogP contribution is 2.21. The molecule has 2 N–H and O–H groups in total. The summed E-state index contributed by atoms with van der Waals surface area (Å²) in [6, 6.07) is 4.04. The van der Waals surface area contributed by atoms with Gasteiger partial charge in [-0.2, -0.15) is 0 Å².